The Hall–Kier alpha value is -3.03. The zero-order chi connectivity index (χ0) is 20.1. The molecule has 7 heteroatoms. The van der Waals surface area contributed by atoms with Crippen LogP contribution in [-0.4, -0.2) is 66.0 Å². The highest BCUT2D eigenvalue weighted by molar-refractivity contribution is 5.92. The first kappa shape index (κ1) is 17.8. The van der Waals surface area contributed by atoms with Crippen molar-refractivity contribution in [2.45, 2.75) is 12.5 Å². The molecule has 0 atom stereocenters. The van der Waals surface area contributed by atoms with Gasteiger partial charge in [-0.25, -0.2) is 9.98 Å². The summed E-state index contributed by atoms with van der Waals surface area (Å²) in [5.41, 5.74) is 12.2. The summed E-state index contributed by atoms with van der Waals surface area (Å²) in [5, 5.41) is 3.42. The van der Waals surface area contributed by atoms with Crippen LogP contribution < -0.4 is 16.0 Å². The second-order valence-electron chi connectivity index (χ2n) is 8.40. The second-order valence-corrected chi connectivity index (χ2v) is 8.40. The lowest BCUT2D eigenvalue weighted by Crippen LogP contribution is -2.63. The van der Waals surface area contributed by atoms with Crippen LogP contribution in [0.3, 0.4) is 0 Å². The van der Waals surface area contributed by atoms with Gasteiger partial charge in [-0.15, -0.1) is 0 Å². The highest BCUT2D eigenvalue weighted by Crippen LogP contribution is 2.32. The van der Waals surface area contributed by atoms with Crippen molar-refractivity contribution in [1.82, 2.24) is 20.2 Å². The smallest absolute Gasteiger partial charge is 0.147 e. The summed E-state index contributed by atoms with van der Waals surface area (Å²) in [6, 6.07) is 13.3. The Bertz CT molecular complexity index is 1140. The quantitative estimate of drug-likeness (QED) is 0.700. The summed E-state index contributed by atoms with van der Waals surface area (Å²) in [6.07, 6.45) is 2.65. The van der Waals surface area contributed by atoms with Crippen molar-refractivity contribution in [3.63, 3.8) is 0 Å². The Kier molecular flexibility index (Phi) is 4.17. The van der Waals surface area contributed by atoms with E-state index in [4.69, 9.17) is 10.7 Å². The maximum absolute atomic E-state index is 5.89. The largest absolute Gasteiger partial charge is 0.387 e. The van der Waals surface area contributed by atoms with Gasteiger partial charge in [0.2, 0.25) is 0 Å². The van der Waals surface area contributed by atoms with Gasteiger partial charge in [-0.3, -0.25) is 9.88 Å². The maximum atomic E-state index is 5.89. The lowest BCUT2D eigenvalue weighted by atomic mass is 10.0. The van der Waals surface area contributed by atoms with Gasteiger partial charge in [-0.05, 0) is 34.9 Å². The number of nitrogens with zero attached hydrogens (tertiary/aromatic N) is 5. The number of benzene rings is 2. The normalized spacial score (nSPS) is 19.6. The molecule has 0 radical (unpaired) electrons. The molecule has 0 amide bonds. The first-order valence-electron chi connectivity index (χ1n) is 10.7. The molecular formula is C23H25N7. The van der Waals surface area contributed by atoms with Crippen molar-refractivity contribution < 1.29 is 0 Å². The van der Waals surface area contributed by atoms with Gasteiger partial charge in [0.15, 0.2) is 0 Å². The zero-order valence-electron chi connectivity index (χ0n) is 16.9. The van der Waals surface area contributed by atoms with E-state index in [1.807, 2.05) is 12.3 Å². The van der Waals surface area contributed by atoms with E-state index in [1.54, 1.807) is 0 Å². The highest BCUT2D eigenvalue weighted by Gasteiger charge is 2.33. The van der Waals surface area contributed by atoms with Crippen molar-refractivity contribution in [2.24, 2.45) is 10.7 Å². The molecular weight excluding hydrogens is 374 g/mol. The molecule has 7 nitrogen and oxygen atoms in total. The van der Waals surface area contributed by atoms with Crippen molar-refractivity contribution in [2.75, 3.05) is 44.2 Å². The van der Waals surface area contributed by atoms with E-state index in [0.29, 0.717) is 11.9 Å². The minimum absolute atomic E-state index is 0.635. The summed E-state index contributed by atoms with van der Waals surface area (Å²) in [7, 11) is 0. The van der Waals surface area contributed by atoms with E-state index in [9.17, 15) is 0 Å². The van der Waals surface area contributed by atoms with Crippen LogP contribution in [0.2, 0.25) is 0 Å². The zero-order valence-corrected chi connectivity index (χ0v) is 16.9. The van der Waals surface area contributed by atoms with Crippen LogP contribution in [0.4, 0.5) is 11.5 Å². The van der Waals surface area contributed by atoms with Crippen LogP contribution in [0.5, 0.6) is 0 Å². The van der Waals surface area contributed by atoms with Gasteiger partial charge < -0.3 is 16.0 Å². The fraction of sp³-hybridized carbons (Fsp3) is 0.348. The van der Waals surface area contributed by atoms with Crippen LogP contribution >= 0.6 is 0 Å². The molecule has 3 aromatic rings. The molecule has 152 valence electrons. The van der Waals surface area contributed by atoms with Gasteiger partial charge in [0.05, 0.1) is 22.9 Å². The summed E-state index contributed by atoms with van der Waals surface area (Å²) in [6.45, 7) is 6.53. The third-order valence-electron chi connectivity index (χ3n) is 6.44. The monoisotopic (exact) mass is 399 g/mol. The topological polar surface area (TPSA) is 82.7 Å². The molecule has 2 fully saturated rings. The molecule has 0 aliphatic carbocycles. The summed E-state index contributed by atoms with van der Waals surface area (Å²) in [4.78, 5) is 19.0. The number of piperazine rings is 1. The Balaban J connectivity index is 1.25. The molecule has 3 N–H and O–H groups in total. The molecule has 1 aromatic heterocycles. The summed E-state index contributed by atoms with van der Waals surface area (Å²) >= 11 is 0. The average molecular weight is 400 g/mol. The number of anilines is 1. The number of hydrogen-bond acceptors (Lipinski definition) is 7. The minimum atomic E-state index is 0.635. The predicted octanol–water partition coefficient (Wildman–Crippen LogP) is 1.94. The van der Waals surface area contributed by atoms with E-state index >= 15 is 0 Å². The van der Waals surface area contributed by atoms with Gasteiger partial charge in [0.1, 0.15) is 11.7 Å². The molecule has 2 saturated heterocycles. The van der Waals surface area contributed by atoms with Gasteiger partial charge in [-0.2, -0.15) is 0 Å². The highest BCUT2D eigenvalue weighted by atomic mass is 15.3. The minimum Gasteiger partial charge on any atom is -0.387 e. The second kappa shape index (κ2) is 7.04. The summed E-state index contributed by atoms with van der Waals surface area (Å²) in [5.74, 6) is 1.65. The van der Waals surface area contributed by atoms with Crippen LogP contribution in [-0.2, 0) is 6.42 Å². The fourth-order valence-corrected chi connectivity index (χ4v) is 4.64. The van der Waals surface area contributed by atoms with E-state index in [1.165, 1.54) is 5.56 Å². The molecule has 0 bridgehead atoms. The number of aliphatic imine (C=N–C) groups is 1. The number of nitrogens with two attached hydrogens (primary N) is 1. The Labute approximate surface area is 175 Å². The van der Waals surface area contributed by atoms with Gasteiger partial charge in [-0.1, -0.05) is 18.2 Å². The molecule has 3 aliphatic rings. The Morgan fingerprint density at radius 3 is 2.63 bits per heavy atom. The number of rotatable bonds is 3. The number of nitrogens with one attached hydrogen (secondary N) is 1. The molecule has 0 spiro atoms. The van der Waals surface area contributed by atoms with Gasteiger partial charge in [0.25, 0.3) is 0 Å². The van der Waals surface area contributed by atoms with Crippen molar-refractivity contribution >= 4 is 28.4 Å². The molecule has 0 unspecified atom stereocenters. The molecule has 3 aliphatic heterocycles. The molecule has 30 heavy (non-hydrogen) atoms. The molecule has 0 saturated carbocycles. The first-order chi connectivity index (χ1) is 14.7. The van der Waals surface area contributed by atoms with Crippen molar-refractivity contribution in [3.8, 4) is 11.1 Å². The van der Waals surface area contributed by atoms with Crippen LogP contribution in [0, 0.1) is 0 Å². The third-order valence-corrected chi connectivity index (χ3v) is 6.44. The van der Waals surface area contributed by atoms with Crippen LogP contribution in [0.25, 0.3) is 22.2 Å². The lowest BCUT2D eigenvalue weighted by Gasteiger charge is -2.47. The molecule has 2 aromatic carbocycles. The van der Waals surface area contributed by atoms with E-state index in [2.05, 4.69) is 55.4 Å². The SMILES string of the molecule is NC1=Nc2cc(-c3ccc4ncc(N5CC(N6CCNCC6)C5)nc4c3)ccc2C1. The number of aromatic nitrogens is 2. The Morgan fingerprint density at radius 1 is 0.967 bits per heavy atom. The van der Waals surface area contributed by atoms with Gasteiger partial charge >= 0.3 is 0 Å². The standard InChI is InChI=1S/C23H25N7/c24-22-11-17-2-1-15(9-20(17)27-22)16-3-4-19-21(10-16)28-23(12-26-19)30-13-18(14-30)29-7-5-25-6-8-29/h1-4,9-10,12,18,25H,5-8,11,13-14H2,(H2,24,27). The van der Waals surface area contributed by atoms with E-state index in [-0.39, 0.29) is 0 Å². The maximum Gasteiger partial charge on any atom is 0.147 e. The molecule has 6 rings (SSSR count). The summed E-state index contributed by atoms with van der Waals surface area (Å²) < 4.78 is 0. The number of hydrogen-bond donors (Lipinski definition) is 2. The van der Waals surface area contributed by atoms with Crippen LogP contribution in [0.15, 0.2) is 47.6 Å². The lowest BCUT2D eigenvalue weighted by molar-refractivity contribution is 0.147. The number of fused-ring (bicyclic) bond motifs is 2. The van der Waals surface area contributed by atoms with Crippen LogP contribution in [0.1, 0.15) is 5.56 Å². The van der Waals surface area contributed by atoms with Crippen molar-refractivity contribution in [3.05, 3.63) is 48.2 Å². The number of amidine groups is 1. The fourth-order valence-electron chi connectivity index (χ4n) is 4.64. The average Bonchev–Trinajstić information content (AvgIpc) is 3.12. The Morgan fingerprint density at radius 2 is 1.77 bits per heavy atom. The first-order valence-corrected chi connectivity index (χ1v) is 10.7. The van der Waals surface area contributed by atoms with Crippen molar-refractivity contribution in [1.29, 1.82) is 0 Å². The van der Waals surface area contributed by atoms with E-state index in [0.717, 1.165) is 79.4 Å². The van der Waals surface area contributed by atoms with Gasteiger partial charge in [0, 0.05) is 51.7 Å². The third kappa shape index (κ3) is 3.11. The molecule has 4 heterocycles. The predicted molar refractivity (Wildman–Crippen MR) is 120 cm³/mol. The van der Waals surface area contributed by atoms with E-state index < -0.39 is 0 Å².